The fraction of sp³-hybridized carbons (Fsp3) is 0.688. The van der Waals surface area contributed by atoms with Gasteiger partial charge in [0, 0.05) is 12.2 Å². The molecule has 19 heavy (non-hydrogen) atoms. The Morgan fingerprint density at radius 3 is 2.68 bits per heavy atom. The summed E-state index contributed by atoms with van der Waals surface area (Å²) in [7, 11) is 0. The highest BCUT2D eigenvalue weighted by atomic mass is 19.1. The maximum atomic E-state index is 13.2. The molecule has 1 aromatic rings. The Labute approximate surface area is 114 Å². The summed E-state index contributed by atoms with van der Waals surface area (Å²) >= 11 is 0. The second-order valence-electron chi connectivity index (χ2n) is 6.34. The van der Waals surface area contributed by atoms with E-state index in [1.807, 2.05) is 0 Å². The van der Waals surface area contributed by atoms with Crippen LogP contribution >= 0.6 is 0 Å². The van der Waals surface area contributed by atoms with E-state index in [1.165, 1.54) is 51.1 Å². The molecule has 0 spiro atoms. The third kappa shape index (κ3) is 2.81. The Morgan fingerprint density at radius 1 is 1.11 bits per heavy atom. The van der Waals surface area contributed by atoms with Crippen molar-refractivity contribution in [3.8, 4) is 0 Å². The maximum Gasteiger partial charge on any atom is 0.141 e. The van der Waals surface area contributed by atoms with Gasteiger partial charge in [0.25, 0.3) is 0 Å². The van der Waals surface area contributed by atoms with Crippen LogP contribution in [-0.4, -0.2) is 4.98 Å². The summed E-state index contributed by atoms with van der Waals surface area (Å²) in [4.78, 5) is 3.93. The third-order valence-corrected chi connectivity index (χ3v) is 5.20. The lowest BCUT2D eigenvalue weighted by Crippen LogP contribution is -2.33. The van der Waals surface area contributed by atoms with Crippen LogP contribution in [0.5, 0.6) is 0 Å². The molecule has 2 fully saturated rings. The third-order valence-electron chi connectivity index (χ3n) is 5.20. The van der Waals surface area contributed by atoms with E-state index in [-0.39, 0.29) is 11.9 Å². The first-order chi connectivity index (χ1) is 9.24. The van der Waals surface area contributed by atoms with E-state index in [0.29, 0.717) is 5.92 Å². The smallest absolute Gasteiger partial charge is 0.141 e. The highest BCUT2D eigenvalue weighted by Crippen LogP contribution is 2.45. The van der Waals surface area contributed by atoms with Crippen molar-refractivity contribution in [3.63, 3.8) is 0 Å². The molecule has 1 heterocycles. The molecule has 2 aliphatic rings. The molecular formula is C16H23FN2. The normalized spacial score (nSPS) is 32.6. The molecule has 2 aliphatic carbocycles. The van der Waals surface area contributed by atoms with Gasteiger partial charge in [-0.2, -0.15) is 0 Å². The van der Waals surface area contributed by atoms with E-state index in [2.05, 4.69) is 4.98 Å². The van der Waals surface area contributed by atoms with E-state index >= 15 is 0 Å². The van der Waals surface area contributed by atoms with Crippen LogP contribution in [0, 0.1) is 23.6 Å². The van der Waals surface area contributed by atoms with Crippen molar-refractivity contribution in [3.05, 3.63) is 29.8 Å². The predicted octanol–water partition coefficient (Wildman–Crippen LogP) is 3.83. The van der Waals surface area contributed by atoms with Crippen LogP contribution in [0.2, 0.25) is 0 Å². The van der Waals surface area contributed by atoms with Gasteiger partial charge in [-0.3, -0.25) is 4.98 Å². The molecule has 0 amide bonds. The minimum Gasteiger partial charge on any atom is -0.324 e. The fourth-order valence-corrected chi connectivity index (χ4v) is 4.12. The van der Waals surface area contributed by atoms with E-state index in [1.54, 1.807) is 12.3 Å². The standard InChI is InChI=1S/C16H23FN2/c17-15-8-14(9-19-10-15)16(18)13-6-5-11-3-1-2-4-12(11)7-13/h8-13,16H,1-7,18H2. The molecular weight excluding hydrogens is 239 g/mol. The zero-order chi connectivity index (χ0) is 13.2. The van der Waals surface area contributed by atoms with Crippen LogP contribution in [0.15, 0.2) is 18.5 Å². The highest BCUT2D eigenvalue weighted by Gasteiger charge is 2.34. The molecule has 0 saturated heterocycles. The zero-order valence-electron chi connectivity index (χ0n) is 11.4. The predicted molar refractivity (Wildman–Crippen MR) is 73.9 cm³/mol. The molecule has 4 atom stereocenters. The largest absolute Gasteiger partial charge is 0.324 e. The molecule has 0 aliphatic heterocycles. The van der Waals surface area contributed by atoms with Crippen molar-refractivity contribution >= 4 is 0 Å². The lowest BCUT2D eigenvalue weighted by molar-refractivity contribution is 0.117. The maximum absolute atomic E-state index is 13.2. The van der Waals surface area contributed by atoms with Crippen molar-refractivity contribution in [1.82, 2.24) is 4.98 Å². The minimum absolute atomic E-state index is 0.0499. The first-order valence-corrected chi connectivity index (χ1v) is 7.60. The van der Waals surface area contributed by atoms with Crippen LogP contribution in [0.1, 0.15) is 56.6 Å². The molecule has 2 nitrogen and oxygen atoms in total. The van der Waals surface area contributed by atoms with Gasteiger partial charge in [0.15, 0.2) is 0 Å². The Morgan fingerprint density at radius 2 is 1.89 bits per heavy atom. The number of pyridine rings is 1. The Hall–Kier alpha value is -0.960. The van der Waals surface area contributed by atoms with Gasteiger partial charge in [-0.15, -0.1) is 0 Å². The SMILES string of the molecule is NC(c1cncc(F)c1)C1CCC2CCCCC2C1. The average molecular weight is 262 g/mol. The molecule has 104 valence electrons. The zero-order valence-corrected chi connectivity index (χ0v) is 11.4. The second kappa shape index (κ2) is 5.58. The molecule has 2 saturated carbocycles. The summed E-state index contributed by atoms with van der Waals surface area (Å²) in [5.74, 6) is 2.02. The van der Waals surface area contributed by atoms with Crippen LogP contribution in [-0.2, 0) is 0 Å². The molecule has 0 aromatic carbocycles. The first kappa shape index (κ1) is 13.0. The molecule has 3 heteroatoms. The van der Waals surface area contributed by atoms with Gasteiger partial charge in [-0.05, 0) is 48.6 Å². The molecule has 4 unspecified atom stereocenters. The first-order valence-electron chi connectivity index (χ1n) is 7.60. The van der Waals surface area contributed by atoms with Crippen molar-refractivity contribution in [2.75, 3.05) is 0 Å². The number of halogens is 1. The Bertz CT molecular complexity index is 435. The molecule has 2 N–H and O–H groups in total. The van der Waals surface area contributed by atoms with Crippen LogP contribution in [0.4, 0.5) is 4.39 Å². The van der Waals surface area contributed by atoms with Gasteiger partial charge in [-0.25, -0.2) is 4.39 Å². The van der Waals surface area contributed by atoms with Gasteiger partial charge >= 0.3 is 0 Å². The van der Waals surface area contributed by atoms with Crippen LogP contribution < -0.4 is 5.73 Å². The monoisotopic (exact) mass is 262 g/mol. The number of hydrogen-bond acceptors (Lipinski definition) is 2. The van der Waals surface area contributed by atoms with Crippen LogP contribution in [0.3, 0.4) is 0 Å². The van der Waals surface area contributed by atoms with E-state index < -0.39 is 0 Å². The topological polar surface area (TPSA) is 38.9 Å². The van der Waals surface area contributed by atoms with E-state index in [9.17, 15) is 4.39 Å². The van der Waals surface area contributed by atoms with Gasteiger partial charge in [0.05, 0.1) is 6.20 Å². The molecule has 1 aromatic heterocycles. The number of fused-ring (bicyclic) bond motifs is 1. The number of rotatable bonds is 2. The minimum atomic E-state index is -0.278. The van der Waals surface area contributed by atoms with E-state index in [4.69, 9.17) is 5.73 Å². The fourth-order valence-electron chi connectivity index (χ4n) is 4.12. The molecule has 3 rings (SSSR count). The summed E-state index contributed by atoms with van der Waals surface area (Å²) in [5, 5.41) is 0. The van der Waals surface area contributed by atoms with Gasteiger partial charge in [-0.1, -0.05) is 25.7 Å². The Balaban J connectivity index is 1.69. The summed E-state index contributed by atoms with van der Waals surface area (Å²) < 4.78 is 13.2. The number of hydrogen-bond donors (Lipinski definition) is 1. The summed E-state index contributed by atoms with van der Waals surface area (Å²) in [6, 6.07) is 1.50. The van der Waals surface area contributed by atoms with Crippen molar-refractivity contribution in [2.24, 2.45) is 23.5 Å². The quantitative estimate of drug-likeness (QED) is 0.879. The Kier molecular flexibility index (Phi) is 3.83. The number of nitrogens with two attached hydrogens (primary N) is 1. The average Bonchev–Trinajstić information content (AvgIpc) is 2.46. The molecule has 0 radical (unpaired) electrons. The molecule has 0 bridgehead atoms. The number of nitrogens with zero attached hydrogens (tertiary/aromatic N) is 1. The van der Waals surface area contributed by atoms with Gasteiger partial charge in [0.2, 0.25) is 0 Å². The number of aromatic nitrogens is 1. The van der Waals surface area contributed by atoms with Gasteiger partial charge < -0.3 is 5.73 Å². The van der Waals surface area contributed by atoms with Crippen molar-refractivity contribution in [1.29, 1.82) is 0 Å². The summed E-state index contributed by atoms with van der Waals surface area (Å²) in [6.45, 7) is 0. The lowest BCUT2D eigenvalue weighted by atomic mass is 9.65. The van der Waals surface area contributed by atoms with Crippen molar-refractivity contribution in [2.45, 2.75) is 51.0 Å². The van der Waals surface area contributed by atoms with Crippen molar-refractivity contribution < 1.29 is 4.39 Å². The second-order valence-corrected chi connectivity index (χ2v) is 6.34. The summed E-state index contributed by atoms with van der Waals surface area (Å²) in [6.07, 6.45) is 12.3. The van der Waals surface area contributed by atoms with Gasteiger partial charge in [0.1, 0.15) is 5.82 Å². The van der Waals surface area contributed by atoms with E-state index in [0.717, 1.165) is 17.4 Å². The summed E-state index contributed by atoms with van der Waals surface area (Å²) in [5.41, 5.74) is 7.21. The lowest BCUT2D eigenvalue weighted by Gasteiger charge is -2.41. The van der Waals surface area contributed by atoms with Crippen LogP contribution in [0.25, 0.3) is 0 Å². The highest BCUT2D eigenvalue weighted by molar-refractivity contribution is 5.16.